The van der Waals surface area contributed by atoms with Crippen molar-refractivity contribution in [3.05, 3.63) is 61.1 Å². The Morgan fingerprint density at radius 1 is 1.40 bits per heavy atom. The first-order valence-corrected chi connectivity index (χ1v) is 4.90. The Labute approximate surface area is 91.3 Å². The summed E-state index contributed by atoms with van der Waals surface area (Å²) >= 11 is 0. The first-order valence-electron chi connectivity index (χ1n) is 4.90. The van der Waals surface area contributed by atoms with Crippen LogP contribution in [-0.2, 0) is 7.05 Å². The third-order valence-corrected chi connectivity index (χ3v) is 2.04. The van der Waals surface area contributed by atoms with Crippen LogP contribution in [0.15, 0.2) is 55.5 Å². The lowest BCUT2D eigenvalue weighted by Gasteiger charge is -2.00. The molecule has 0 aliphatic heterocycles. The number of allylic oxidation sites excluding steroid dienone is 4. The smallest absolute Gasteiger partial charge is 0.169 e. The summed E-state index contributed by atoms with van der Waals surface area (Å²) in [5, 5.41) is 2.98. The molecule has 0 fully saturated rings. The minimum absolute atomic E-state index is 1.14. The number of aryl methyl sites for hydroxylation is 1. The van der Waals surface area contributed by atoms with Crippen LogP contribution in [0.25, 0.3) is 5.57 Å². The summed E-state index contributed by atoms with van der Waals surface area (Å²) in [6.45, 7) is 3.72. The van der Waals surface area contributed by atoms with Gasteiger partial charge in [-0.05, 0) is 23.4 Å². The molecule has 0 spiro atoms. The second-order valence-corrected chi connectivity index (χ2v) is 3.23. The van der Waals surface area contributed by atoms with Crippen LogP contribution in [0.3, 0.4) is 0 Å². The van der Waals surface area contributed by atoms with E-state index < -0.39 is 0 Å². The van der Waals surface area contributed by atoms with Gasteiger partial charge in [0, 0.05) is 19.2 Å². The van der Waals surface area contributed by atoms with E-state index in [9.17, 15) is 0 Å². The Kier molecular flexibility index (Phi) is 4.35. The summed E-state index contributed by atoms with van der Waals surface area (Å²) in [5.74, 6) is 0. The van der Waals surface area contributed by atoms with Crippen LogP contribution < -0.4 is 9.88 Å². The summed E-state index contributed by atoms with van der Waals surface area (Å²) in [4.78, 5) is 0. The summed E-state index contributed by atoms with van der Waals surface area (Å²) in [7, 11) is 3.89. The lowest BCUT2D eigenvalue weighted by Crippen LogP contribution is -2.25. The number of aromatic nitrogens is 1. The van der Waals surface area contributed by atoms with Crippen LogP contribution in [0.1, 0.15) is 5.56 Å². The average Bonchev–Trinajstić information content (AvgIpc) is 2.25. The molecule has 0 aromatic carbocycles. The zero-order valence-electron chi connectivity index (χ0n) is 9.27. The molecule has 0 aliphatic carbocycles. The van der Waals surface area contributed by atoms with Crippen LogP contribution >= 0.6 is 0 Å². The molecule has 1 aromatic heterocycles. The van der Waals surface area contributed by atoms with Gasteiger partial charge in [0.25, 0.3) is 0 Å². The molecule has 0 saturated heterocycles. The summed E-state index contributed by atoms with van der Waals surface area (Å²) in [6, 6.07) is 4.16. The number of rotatable bonds is 4. The van der Waals surface area contributed by atoms with E-state index in [-0.39, 0.29) is 0 Å². The summed E-state index contributed by atoms with van der Waals surface area (Å²) < 4.78 is 2.01. The topological polar surface area (TPSA) is 15.9 Å². The SMILES string of the molecule is C=C/C=C(\C=C/NC)c1cc[n+](C)cc1. The number of nitrogens with zero attached hydrogens (tertiary/aromatic N) is 1. The van der Waals surface area contributed by atoms with Gasteiger partial charge in [0.2, 0.25) is 0 Å². The van der Waals surface area contributed by atoms with E-state index in [4.69, 9.17) is 0 Å². The zero-order chi connectivity index (χ0) is 11.1. The van der Waals surface area contributed by atoms with Gasteiger partial charge >= 0.3 is 0 Å². The highest BCUT2D eigenvalue weighted by atomic mass is 14.9. The fraction of sp³-hybridized carbons (Fsp3) is 0.154. The number of hydrogen-bond acceptors (Lipinski definition) is 1. The van der Waals surface area contributed by atoms with Gasteiger partial charge in [-0.1, -0.05) is 18.7 Å². The molecular formula is C13H17N2+. The van der Waals surface area contributed by atoms with Crippen LogP contribution in [-0.4, -0.2) is 7.05 Å². The molecule has 0 aliphatic rings. The van der Waals surface area contributed by atoms with Crippen molar-refractivity contribution in [3.63, 3.8) is 0 Å². The maximum Gasteiger partial charge on any atom is 0.169 e. The molecule has 0 amide bonds. The van der Waals surface area contributed by atoms with Crippen molar-refractivity contribution in [2.75, 3.05) is 7.05 Å². The zero-order valence-corrected chi connectivity index (χ0v) is 9.27. The normalized spacial score (nSPS) is 11.7. The molecular weight excluding hydrogens is 184 g/mol. The highest BCUT2D eigenvalue weighted by Gasteiger charge is 1.98. The first-order chi connectivity index (χ1) is 7.27. The van der Waals surface area contributed by atoms with Crippen molar-refractivity contribution in [3.8, 4) is 0 Å². The molecule has 0 unspecified atom stereocenters. The molecule has 15 heavy (non-hydrogen) atoms. The third kappa shape index (κ3) is 3.43. The largest absolute Gasteiger partial charge is 0.394 e. The van der Waals surface area contributed by atoms with Crippen LogP contribution in [0, 0.1) is 0 Å². The van der Waals surface area contributed by atoms with E-state index in [0.717, 1.165) is 5.57 Å². The quantitative estimate of drug-likeness (QED) is 0.580. The van der Waals surface area contributed by atoms with Crippen LogP contribution in [0.2, 0.25) is 0 Å². The Morgan fingerprint density at radius 3 is 2.60 bits per heavy atom. The Morgan fingerprint density at radius 2 is 2.07 bits per heavy atom. The Hall–Kier alpha value is -1.83. The highest BCUT2D eigenvalue weighted by Crippen LogP contribution is 2.13. The molecule has 0 atom stereocenters. The minimum atomic E-state index is 1.14. The van der Waals surface area contributed by atoms with Crippen molar-refractivity contribution in [2.24, 2.45) is 7.05 Å². The maximum atomic E-state index is 3.72. The molecule has 1 N–H and O–H groups in total. The van der Waals surface area contributed by atoms with E-state index in [1.807, 2.05) is 49.4 Å². The molecule has 1 rings (SSSR count). The molecule has 2 heteroatoms. The van der Waals surface area contributed by atoms with Crippen molar-refractivity contribution in [1.29, 1.82) is 0 Å². The van der Waals surface area contributed by atoms with E-state index in [1.165, 1.54) is 5.56 Å². The van der Waals surface area contributed by atoms with Gasteiger partial charge < -0.3 is 5.32 Å². The van der Waals surface area contributed by atoms with E-state index in [1.54, 1.807) is 6.08 Å². The average molecular weight is 201 g/mol. The lowest BCUT2D eigenvalue weighted by molar-refractivity contribution is -0.671. The van der Waals surface area contributed by atoms with E-state index >= 15 is 0 Å². The van der Waals surface area contributed by atoms with E-state index in [0.29, 0.717) is 0 Å². The van der Waals surface area contributed by atoms with Gasteiger partial charge in [0.15, 0.2) is 12.4 Å². The lowest BCUT2D eigenvalue weighted by atomic mass is 10.1. The molecule has 0 bridgehead atoms. The van der Waals surface area contributed by atoms with Gasteiger partial charge in [-0.25, -0.2) is 4.57 Å². The highest BCUT2D eigenvalue weighted by molar-refractivity contribution is 5.74. The molecule has 1 aromatic rings. The van der Waals surface area contributed by atoms with Gasteiger partial charge in [0.05, 0.1) is 0 Å². The summed E-state index contributed by atoms with van der Waals surface area (Å²) in [6.07, 6.45) is 11.8. The fourth-order valence-electron chi connectivity index (χ4n) is 1.24. The minimum Gasteiger partial charge on any atom is -0.394 e. The third-order valence-electron chi connectivity index (χ3n) is 2.04. The Bertz CT molecular complexity index is 372. The monoisotopic (exact) mass is 201 g/mol. The first kappa shape index (κ1) is 11.2. The molecule has 2 nitrogen and oxygen atoms in total. The van der Waals surface area contributed by atoms with E-state index in [2.05, 4.69) is 24.0 Å². The Balaban J connectivity index is 2.99. The number of nitrogens with one attached hydrogen (secondary N) is 1. The van der Waals surface area contributed by atoms with Crippen molar-refractivity contribution in [1.82, 2.24) is 5.32 Å². The predicted octanol–water partition coefficient (Wildman–Crippen LogP) is 1.81. The predicted molar refractivity (Wildman–Crippen MR) is 64.0 cm³/mol. The summed E-state index contributed by atoms with van der Waals surface area (Å²) in [5.41, 5.74) is 2.32. The standard InChI is InChI=1S/C13H17N2/c1-4-5-12(6-9-14-2)13-7-10-15(3)11-8-13/h4-11,14H,1H2,2-3H3/q+1/b9-6-,12-5+. The number of pyridine rings is 1. The fourth-order valence-corrected chi connectivity index (χ4v) is 1.24. The van der Waals surface area contributed by atoms with Gasteiger partial charge in [-0.3, -0.25) is 0 Å². The van der Waals surface area contributed by atoms with Crippen LogP contribution in [0.5, 0.6) is 0 Å². The second kappa shape index (κ2) is 5.81. The van der Waals surface area contributed by atoms with Crippen LogP contribution in [0.4, 0.5) is 0 Å². The maximum absolute atomic E-state index is 3.72. The van der Waals surface area contributed by atoms with Crippen molar-refractivity contribution in [2.45, 2.75) is 0 Å². The molecule has 1 heterocycles. The molecule has 78 valence electrons. The van der Waals surface area contributed by atoms with Gasteiger partial charge in [0.1, 0.15) is 7.05 Å². The second-order valence-electron chi connectivity index (χ2n) is 3.23. The van der Waals surface area contributed by atoms with Gasteiger partial charge in [-0.2, -0.15) is 0 Å². The molecule has 0 radical (unpaired) electrons. The number of hydrogen-bond donors (Lipinski definition) is 1. The molecule has 0 saturated carbocycles. The van der Waals surface area contributed by atoms with Crippen molar-refractivity contribution < 1.29 is 4.57 Å². The van der Waals surface area contributed by atoms with Gasteiger partial charge in [-0.15, -0.1) is 0 Å². The van der Waals surface area contributed by atoms with Crippen molar-refractivity contribution >= 4 is 5.57 Å².